The molecule has 0 fully saturated rings. The van der Waals surface area contributed by atoms with Crippen LogP contribution in [0, 0.1) is 0 Å². The third-order valence-corrected chi connectivity index (χ3v) is 6.06. The van der Waals surface area contributed by atoms with Crippen molar-refractivity contribution in [3.8, 4) is 5.75 Å². The first-order valence-corrected chi connectivity index (χ1v) is 13.0. The maximum atomic E-state index is 5.89. The van der Waals surface area contributed by atoms with Crippen LogP contribution >= 0.6 is 0 Å². The van der Waals surface area contributed by atoms with Gasteiger partial charge in [-0.15, -0.1) is 0 Å². The molecular formula is C29H45NO. The molecule has 2 aromatic rings. The molecule has 0 aliphatic heterocycles. The van der Waals surface area contributed by atoms with E-state index in [1.54, 1.807) is 0 Å². The van der Waals surface area contributed by atoms with Crippen molar-refractivity contribution in [3.05, 3.63) is 59.4 Å². The number of ether oxygens (including phenoxy) is 1. The van der Waals surface area contributed by atoms with Crippen molar-refractivity contribution < 1.29 is 4.74 Å². The van der Waals surface area contributed by atoms with Crippen LogP contribution in [0.25, 0.3) is 0 Å². The van der Waals surface area contributed by atoms with Crippen LogP contribution in [0.5, 0.6) is 5.75 Å². The van der Waals surface area contributed by atoms with Crippen LogP contribution in [0.1, 0.15) is 108 Å². The fraction of sp³-hybridized carbons (Fsp3) is 0.621. The highest BCUT2D eigenvalue weighted by Gasteiger charge is 2.01. The lowest BCUT2D eigenvalue weighted by molar-refractivity contribution is 0.304. The molecule has 172 valence electrons. The maximum Gasteiger partial charge on any atom is 0.119 e. The van der Waals surface area contributed by atoms with Crippen molar-refractivity contribution in [3.63, 3.8) is 0 Å². The van der Waals surface area contributed by atoms with Gasteiger partial charge >= 0.3 is 0 Å². The van der Waals surface area contributed by atoms with Gasteiger partial charge in [-0.3, -0.25) is 4.98 Å². The van der Waals surface area contributed by atoms with Crippen LogP contribution in [0.3, 0.4) is 0 Å². The van der Waals surface area contributed by atoms with E-state index in [2.05, 4.69) is 56.4 Å². The fourth-order valence-corrected chi connectivity index (χ4v) is 3.96. The summed E-state index contributed by atoms with van der Waals surface area (Å²) in [5.41, 5.74) is 3.92. The zero-order valence-corrected chi connectivity index (χ0v) is 20.2. The highest BCUT2D eigenvalue weighted by Crippen LogP contribution is 2.15. The van der Waals surface area contributed by atoms with Crippen LogP contribution in [-0.2, 0) is 19.3 Å². The average molecular weight is 424 g/mol. The van der Waals surface area contributed by atoms with Crippen LogP contribution in [-0.4, -0.2) is 11.6 Å². The predicted molar refractivity (Wildman–Crippen MR) is 134 cm³/mol. The van der Waals surface area contributed by atoms with Gasteiger partial charge in [0.25, 0.3) is 0 Å². The lowest BCUT2D eigenvalue weighted by atomic mass is 10.0. The van der Waals surface area contributed by atoms with Gasteiger partial charge < -0.3 is 4.74 Å². The molecular weight excluding hydrogens is 378 g/mol. The van der Waals surface area contributed by atoms with Crippen molar-refractivity contribution >= 4 is 0 Å². The van der Waals surface area contributed by atoms with Crippen LogP contribution in [0.4, 0.5) is 0 Å². The zero-order chi connectivity index (χ0) is 22.0. The molecule has 0 saturated heterocycles. The largest absolute Gasteiger partial charge is 0.494 e. The number of aromatic nitrogens is 1. The Morgan fingerprint density at radius 2 is 1.19 bits per heavy atom. The van der Waals surface area contributed by atoms with Gasteiger partial charge in [0.2, 0.25) is 0 Å². The lowest BCUT2D eigenvalue weighted by Gasteiger charge is -2.08. The van der Waals surface area contributed by atoms with Gasteiger partial charge in [-0.05, 0) is 61.4 Å². The number of unbranched alkanes of at least 4 members (excludes halogenated alkanes) is 10. The van der Waals surface area contributed by atoms with Crippen molar-refractivity contribution in [1.82, 2.24) is 4.98 Å². The first-order valence-electron chi connectivity index (χ1n) is 13.0. The Bertz CT molecular complexity index is 662. The van der Waals surface area contributed by atoms with Crippen LogP contribution < -0.4 is 4.74 Å². The molecule has 0 amide bonds. The third-order valence-electron chi connectivity index (χ3n) is 6.06. The van der Waals surface area contributed by atoms with Gasteiger partial charge in [0.1, 0.15) is 5.75 Å². The SMILES string of the molecule is CCCCCCCCOc1ccc(CCc2ccc(CCCCCCCC)cn2)cc1. The molecule has 0 saturated carbocycles. The quantitative estimate of drug-likeness (QED) is 0.224. The smallest absolute Gasteiger partial charge is 0.119 e. The number of aryl methyl sites for hydroxylation is 3. The van der Waals surface area contributed by atoms with Gasteiger partial charge in [-0.1, -0.05) is 96.3 Å². The standard InChI is InChI=1S/C29H45NO/c1-3-5-7-9-11-13-15-27-17-21-28(30-25-27)20-16-26-18-22-29(23-19-26)31-24-14-12-10-8-6-4-2/h17-19,21-23,25H,3-16,20,24H2,1-2H3. The van der Waals surface area contributed by atoms with Gasteiger partial charge in [0.05, 0.1) is 6.61 Å². The maximum absolute atomic E-state index is 5.89. The summed E-state index contributed by atoms with van der Waals surface area (Å²) >= 11 is 0. The first-order chi connectivity index (χ1) is 15.3. The van der Waals surface area contributed by atoms with E-state index in [-0.39, 0.29) is 0 Å². The van der Waals surface area contributed by atoms with E-state index < -0.39 is 0 Å². The monoisotopic (exact) mass is 423 g/mol. The number of nitrogens with zero attached hydrogens (tertiary/aromatic N) is 1. The summed E-state index contributed by atoms with van der Waals surface area (Å²) in [7, 11) is 0. The highest BCUT2D eigenvalue weighted by atomic mass is 16.5. The molecule has 0 unspecified atom stereocenters. The summed E-state index contributed by atoms with van der Waals surface area (Å²) in [6, 6.07) is 13.1. The third kappa shape index (κ3) is 12.0. The molecule has 2 nitrogen and oxygen atoms in total. The number of rotatable bonds is 18. The Hall–Kier alpha value is -1.83. The minimum Gasteiger partial charge on any atom is -0.494 e. The van der Waals surface area contributed by atoms with Crippen molar-refractivity contribution in [2.24, 2.45) is 0 Å². The molecule has 31 heavy (non-hydrogen) atoms. The van der Waals surface area contributed by atoms with Crippen LogP contribution in [0.2, 0.25) is 0 Å². The van der Waals surface area contributed by atoms with E-state index in [0.29, 0.717) is 0 Å². The van der Waals surface area contributed by atoms with Gasteiger partial charge in [-0.2, -0.15) is 0 Å². The predicted octanol–water partition coefficient (Wildman–Crippen LogP) is 8.51. The molecule has 2 rings (SSSR count). The van der Waals surface area contributed by atoms with E-state index in [1.807, 2.05) is 0 Å². The second-order valence-electron chi connectivity index (χ2n) is 8.94. The van der Waals surface area contributed by atoms with E-state index >= 15 is 0 Å². The number of pyridine rings is 1. The molecule has 0 aliphatic carbocycles. The Kier molecular flexibility index (Phi) is 13.8. The lowest BCUT2D eigenvalue weighted by Crippen LogP contribution is -1.98. The van der Waals surface area contributed by atoms with Crippen LogP contribution in [0.15, 0.2) is 42.6 Å². The second-order valence-corrected chi connectivity index (χ2v) is 8.94. The number of hydrogen-bond donors (Lipinski definition) is 0. The number of hydrogen-bond acceptors (Lipinski definition) is 2. The molecule has 1 aromatic heterocycles. The van der Waals surface area contributed by atoms with E-state index in [0.717, 1.165) is 31.6 Å². The molecule has 0 spiro atoms. The Morgan fingerprint density at radius 1 is 0.581 bits per heavy atom. The summed E-state index contributed by atoms with van der Waals surface area (Å²) in [6.45, 7) is 5.37. The Labute approximate surface area is 191 Å². The summed E-state index contributed by atoms with van der Waals surface area (Å²) in [5.74, 6) is 0.995. The van der Waals surface area contributed by atoms with Gasteiger partial charge in [-0.25, -0.2) is 0 Å². The zero-order valence-electron chi connectivity index (χ0n) is 20.2. The van der Waals surface area contributed by atoms with E-state index in [9.17, 15) is 0 Å². The normalized spacial score (nSPS) is 11.0. The molecule has 0 bridgehead atoms. The molecule has 0 aliphatic rings. The molecule has 0 atom stereocenters. The molecule has 0 radical (unpaired) electrons. The summed E-state index contributed by atoms with van der Waals surface area (Å²) < 4.78 is 5.89. The van der Waals surface area contributed by atoms with E-state index in [1.165, 1.54) is 93.9 Å². The van der Waals surface area contributed by atoms with Gasteiger partial charge in [0, 0.05) is 11.9 Å². The highest BCUT2D eigenvalue weighted by molar-refractivity contribution is 5.28. The minimum absolute atomic E-state index is 0.834. The summed E-state index contributed by atoms with van der Waals surface area (Å²) in [4.78, 5) is 4.69. The molecule has 1 heterocycles. The fourth-order valence-electron chi connectivity index (χ4n) is 3.96. The summed E-state index contributed by atoms with van der Waals surface area (Å²) in [6.07, 6.45) is 21.2. The van der Waals surface area contributed by atoms with Crippen molar-refractivity contribution in [2.45, 2.75) is 110 Å². The molecule has 1 aromatic carbocycles. The Morgan fingerprint density at radius 3 is 1.84 bits per heavy atom. The molecule has 2 heteroatoms. The molecule has 0 N–H and O–H groups in total. The first kappa shape index (κ1) is 25.4. The number of benzene rings is 1. The van der Waals surface area contributed by atoms with Crippen molar-refractivity contribution in [1.29, 1.82) is 0 Å². The minimum atomic E-state index is 0.834. The topological polar surface area (TPSA) is 22.1 Å². The second kappa shape index (κ2) is 16.8. The van der Waals surface area contributed by atoms with Gasteiger partial charge in [0.15, 0.2) is 0 Å². The van der Waals surface area contributed by atoms with Crippen molar-refractivity contribution in [2.75, 3.05) is 6.61 Å². The summed E-state index contributed by atoms with van der Waals surface area (Å²) in [5, 5.41) is 0. The Balaban J connectivity index is 1.59. The van der Waals surface area contributed by atoms with E-state index in [4.69, 9.17) is 9.72 Å². The average Bonchev–Trinajstić information content (AvgIpc) is 2.81.